The van der Waals surface area contributed by atoms with Gasteiger partial charge in [-0.25, -0.2) is 0 Å². The SMILES string of the molecule is O=C(/C=C(\O)c1ccccc1)C1CCCCC1.[Mn]. The summed E-state index contributed by atoms with van der Waals surface area (Å²) in [6, 6.07) is 9.20. The van der Waals surface area contributed by atoms with Crippen LogP contribution in [-0.2, 0) is 21.9 Å². The second-order valence-electron chi connectivity index (χ2n) is 4.63. The number of aliphatic hydroxyl groups excluding tert-OH is 1. The standard InChI is InChI=1S/C15H18O2.Mn/c16-14(12-7-3-1-4-8-12)11-15(17)13-9-5-2-6-10-13;/h1,3-4,7-8,11,13,16H,2,5-6,9-10H2;/b14-11-;. The molecule has 1 radical (unpaired) electrons. The van der Waals surface area contributed by atoms with Gasteiger partial charge < -0.3 is 5.11 Å². The minimum Gasteiger partial charge on any atom is -0.507 e. The Morgan fingerprint density at radius 2 is 1.72 bits per heavy atom. The molecular formula is C15H18MnO2. The number of carbonyl (C=O) groups excluding carboxylic acids is 1. The number of rotatable bonds is 3. The third-order valence-corrected chi connectivity index (χ3v) is 3.36. The Morgan fingerprint density at radius 3 is 2.33 bits per heavy atom. The quantitative estimate of drug-likeness (QED) is 0.522. The van der Waals surface area contributed by atoms with Crippen molar-refractivity contribution in [2.24, 2.45) is 5.92 Å². The number of carbonyl (C=O) groups is 1. The second-order valence-corrected chi connectivity index (χ2v) is 4.63. The Morgan fingerprint density at radius 1 is 1.11 bits per heavy atom. The maximum absolute atomic E-state index is 11.9. The molecule has 1 N–H and O–H groups in total. The number of benzene rings is 1. The van der Waals surface area contributed by atoms with E-state index in [0.29, 0.717) is 5.56 Å². The van der Waals surface area contributed by atoms with E-state index in [1.54, 1.807) is 12.1 Å². The maximum atomic E-state index is 11.9. The fourth-order valence-corrected chi connectivity index (χ4v) is 2.33. The summed E-state index contributed by atoms with van der Waals surface area (Å²) in [5.41, 5.74) is 0.705. The van der Waals surface area contributed by atoms with Crippen LogP contribution >= 0.6 is 0 Å². The summed E-state index contributed by atoms with van der Waals surface area (Å²) >= 11 is 0. The van der Waals surface area contributed by atoms with Gasteiger partial charge in [-0.15, -0.1) is 0 Å². The van der Waals surface area contributed by atoms with E-state index in [0.717, 1.165) is 25.7 Å². The van der Waals surface area contributed by atoms with Gasteiger partial charge in [0.15, 0.2) is 5.78 Å². The number of allylic oxidation sites excluding steroid dienone is 1. The Bertz CT molecular complexity index is 406. The molecule has 1 aromatic carbocycles. The van der Waals surface area contributed by atoms with Crippen molar-refractivity contribution in [3.63, 3.8) is 0 Å². The number of aliphatic hydroxyl groups is 1. The Kier molecular flexibility index (Phi) is 6.17. The van der Waals surface area contributed by atoms with Crippen molar-refractivity contribution in [1.82, 2.24) is 0 Å². The van der Waals surface area contributed by atoms with E-state index in [2.05, 4.69) is 0 Å². The van der Waals surface area contributed by atoms with E-state index in [-0.39, 0.29) is 34.5 Å². The molecule has 0 unspecified atom stereocenters. The smallest absolute Gasteiger partial charge is 0.162 e. The largest absolute Gasteiger partial charge is 0.507 e. The van der Waals surface area contributed by atoms with Crippen molar-refractivity contribution in [3.8, 4) is 0 Å². The van der Waals surface area contributed by atoms with Crippen LogP contribution in [0.15, 0.2) is 36.4 Å². The monoisotopic (exact) mass is 285 g/mol. The van der Waals surface area contributed by atoms with Crippen molar-refractivity contribution in [2.75, 3.05) is 0 Å². The molecule has 2 rings (SSSR count). The minimum absolute atomic E-state index is 0. The fourth-order valence-electron chi connectivity index (χ4n) is 2.33. The zero-order chi connectivity index (χ0) is 12.1. The minimum atomic E-state index is 0. The van der Waals surface area contributed by atoms with Gasteiger partial charge in [-0.3, -0.25) is 4.79 Å². The summed E-state index contributed by atoms with van der Waals surface area (Å²) in [5, 5.41) is 9.86. The summed E-state index contributed by atoms with van der Waals surface area (Å²) in [5.74, 6) is 0.279. The van der Waals surface area contributed by atoms with Crippen LogP contribution in [0.2, 0.25) is 0 Å². The normalized spacial score (nSPS) is 17.0. The molecule has 97 valence electrons. The molecular weight excluding hydrogens is 267 g/mol. The van der Waals surface area contributed by atoms with Gasteiger partial charge in [0.2, 0.25) is 0 Å². The first-order chi connectivity index (χ1) is 8.27. The summed E-state index contributed by atoms with van der Waals surface area (Å²) in [4.78, 5) is 11.9. The fraction of sp³-hybridized carbons (Fsp3) is 0.400. The molecule has 0 bridgehead atoms. The predicted molar refractivity (Wildman–Crippen MR) is 68.6 cm³/mol. The van der Waals surface area contributed by atoms with Gasteiger partial charge in [0.1, 0.15) is 5.76 Å². The molecule has 1 fully saturated rings. The van der Waals surface area contributed by atoms with Crippen molar-refractivity contribution in [1.29, 1.82) is 0 Å². The van der Waals surface area contributed by atoms with E-state index < -0.39 is 0 Å². The van der Waals surface area contributed by atoms with Crippen LogP contribution in [0, 0.1) is 5.92 Å². The molecule has 1 aliphatic rings. The van der Waals surface area contributed by atoms with E-state index in [4.69, 9.17) is 0 Å². The Labute approximate surface area is 119 Å². The third-order valence-electron chi connectivity index (χ3n) is 3.36. The zero-order valence-electron chi connectivity index (χ0n) is 10.3. The van der Waals surface area contributed by atoms with Crippen LogP contribution in [0.3, 0.4) is 0 Å². The van der Waals surface area contributed by atoms with Crippen molar-refractivity contribution < 1.29 is 27.0 Å². The molecule has 0 aromatic heterocycles. The second kappa shape index (κ2) is 7.40. The molecule has 1 saturated carbocycles. The molecule has 18 heavy (non-hydrogen) atoms. The van der Waals surface area contributed by atoms with Gasteiger partial charge in [0.25, 0.3) is 0 Å². The molecule has 0 heterocycles. The van der Waals surface area contributed by atoms with Crippen LogP contribution < -0.4 is 0 Å². The predicted octanol–water partition coefficient (Wildman–Crippen LogP) is 3.73. The van der Waals surface area contributed by atoms with Crippen LogP contribution in [-0.4, -0.2) is 10.9 Å². The van der Waals surface area contributed by atoms with Crippen molar-refractivity contribution >= 4 is 11.5 Å². The molecule has 3 heteroatoms. The van der Waals surface area contributed by atoms with Gasteiger partial charge in [-0.1, -0.05) is 49.6 Å². The van der Waals surface area contributed by atoms with E-state index in [9.17, 15) is 9.90 Å². The zero-order valence-corrected chi connectivity index (χ0v) is 11.5. The van der Waals surface area contributed by atoms with Gasteiger partial charge >= 0.3 is 0 Å². The average molecular weight is 285 g/mol. The van der Waals surface area contributed by atoms with E-state index in [1.807, 2.05) is 18.2 Å². The Hall–Kier alpha value is -1.05. The van der Waals surface area contributed by atoms with E-state index >= 15 is 0 Å². The topological polar surface area (TPSA) is 37.3 Å². The number of hydrogen-bond donors (Lipinski definition) is 1. The van der Waals surface area contributed by atoms with Crippen molar-refractivity contribution in [2.45, 2.75) is 32.1 Å². The molecule has 0 aliphatic heterocycles. The molecule has 2 nitrogen and oxygen atoms in total. The first kappa shape index (κ1) is 15.0. The molecule has 1 aromatic rings. The third kappa shape index (κ3) is 4.01. The summed E-state index contributed by atoms with van der Waals surface area (Å²) in [6.45, 7) is 0. The maximum Gasteiger partial charge on any atom is 0.162 e. The summed E-state index contributed by atoms with van der Waals surface area (Å²) < 4.78 is 0. The first-order valence-corrected chi connectivity index (χ1v) is 6.27. The summed E-state index contributed by atoms with van der Waals surface area (Å²) in [7, 11) is 0. The first-order valence-electron chi connectivity index (χ1n) is 6.27. The van der Waals surface area contributed by atoms with Gasteiger partial charge in [0, 0.05) is 34.6 Å². The van der Waals surface area contributed by atoms with E-state index in [1.165, 1.54) is 12.5 Å². The molecule has 0 spiro atoms. The van der Waals surface area contributed by atoms with Crippen LogP contribution in [0.1, 0.15) is 37.7 Å². The molecule has 0 amide bonds. The van der Waals surface area contributed by atoms with Gasteiger partial charge in [0.05, 0.1) is 0 Å². The van der Waals surface area contributed by atoms with Gasteiger partial charge in [-0.2, -0.15) is 0 Å². The molecule has 0 saturated heterocycles. The van der Waals surface area contributed by atoms with Crippen LogP contribution in [0.4, 0.5) is 0 Å². The summed E-state index contributed by atoms with van der Waals surface area (Å²) in [6.07, 6.45) is 6.84. The molecule has 1 aliphatic carbocycles. The average Bonchev–Trinajstić information content (AvgIpc) is 2.40. The number of ketones is 1. The van der Waals surface area contributed by atoms with Crippen LogP contribution in [0.25, 0.3) is 5.76 Å². The van der Waals surface area contributed by atoms with Gasteiger partial charge in [-0.05, 0) is 12.8 Å². The van der Waals surface area contributed by atoms with Crippen molar-refractivity contribution in [3.05, 3.63) is 42.0 Å². The Balaban J connectivity index is 0.00000162. The van der Waals surface area contributed by atoms with Crippen LogP contribution in [0.5, 0.6) is 0 Å². The molecule has 0 atom stereocenters. The number of hydrogen-bond acceptors (Lipinski definition) is 2.